The topological polar surface area (TPSA) is 123 Å². The smallest absolute Gasteiger partial charge is 0.407 e. The van der Waals surface area contributed by atoms with E-state index in [9.17, 15) is 14.4 Å². The third-order valence-electron chi connectivity index (χ3n) is 3.36. The summed E-state index contributed by atoms with van der Waals surface area (Å²) in [6.45, 7) is 2.44. The van der Waals surface area contributed by atoms with E-state index < -0.39 is 12.1 Å². The molecule has 0 aliphatic carbocycles. The fourth-order valence-corrected chi connectivity index (χ4v) is 1.92. The predicted molar refractivity (Wildman–Crippen MR) is 90.3 cm³/mol. The van der Waals surface area contributed by atoms with Gasteiger partial charge in [-0.15, -0.1) is 0 Å². The molecule has 0 fully saturated rings. The monoisotopic (exact) mass is 336 g/mol. The van der Waals surface area contributed by atoms with Gasteiger partial charge in [-0.1, -0.05) is 19.1 Å². The molecule has 1 rings (SSSR count). The van der Waals surface area contributed by atoms with E-state index in [4.69, 9.17) is 10.5 Å². The Hall–Kier alpha value is -2.77. The highest BCUT2D eigenvalue weighted by Gasteiger charge is 2.12. The fourth-order valence-electron chi connectivity index (χ4n) is 1.92. The van der Waals surface area contributed by atoms with E-state index in [0.29, 0.717) is 25.1 Å². The minimum Gasteiger partial charge on any atom is -0.445 e. The standard InChI is InChI=1S/C16H24N4O4/c1-11(4-3-9-19-15(17)22)14(21)20-13-7-5-12(6-8-13)10-24-16(23)18-2/h5-8,11H,3-4,9-10H2,1-2H3,(H,18,23)(H,20,21)(H3,17,19,22)/t11-/m0/s1. The molecule has 0 spiro atoms. The summed E-state index contributed by atoms with van der Waals surface area (Å²) in [4.78, 5) is 33.6. The van der Waals surface area contributed by atoms with Crippen LogP contribution in [0.5, 0.6) is 0 Å². The largest absolute Gasteiger partial charge is 0.445 e. The van der Waals surface area contributed by atoms with Crippen LogP contribution in [0.3, 0.4) is 0 Å². The number of ether oxygens (including phenoxy) is 1. The number of primary amides is 1. The highest BCUT2D eigenvalue weighted by molar-refractivity contribution is 5.92. The average molecular weight is 336 g/mol. The molecule has 4 amide bonds. The van der Waals surface area contributed by atoms with Gasteiger partial charge in [0.2, 0.25) is 5.91 Å². The second kappa shape index (κ2) is 10.1. The molecule has 1 atom stereocenters. The maximum absolute atomic E-state index is 12.1. The lowest BCUT2D eigenvalue weighted by atomic mass is 10.0. The Balaban J connectivity index is 2.38. The van der Waals surface area contributed by atoms with Gasteiger partial charge in [0.25, 0.3) is 0 Å². The first-order chi connectivity index (χ1) is 11.4. The Morgan fingerprint density at radius 2 is 1.88 bits per heavy atom. The number of anilines is 1. The molecule has 24 heavy (non-hydrogen) atoms. The van der Waals surface area contributed by atoms with E-state index in [-0.39, 0.29) is 18.4 Å². The van der Waals surface area contributed by atoms with Crippen LogP contribution in [-0.4, -0.2) is 31.6 Å². The molecule has 8 nitrogen and oxygen atoms in total. The number of carbonyl (C=O) groups excluding carboxylic acids is 3. The maximum Gasteiger partial charge on any atom is 0.407 e. The van der Waals surface area contributed by atoms with Crippen LogP contribution >= 0.6 is 0 Å². The minimum absolute atomic E-state index is 0.0940. The molecule has 0 aliphatic heterocycles. The van der Waals surface area contributed by atoms with E-state index in [1.165, 1.54) is 7.05 Å². The number of carbonyl (C=O) groups is 3. The van der Waals surface area contributed by atoms with Crippen molar-refractivity contribution in [2.75, 3.05) is 18.9 Å². The summed E-state index contributed by atoms with van der Waals surface area (Å²) in [6.07, 6.45) is 0.823. The maximum atomic E-state index is 12.1. The number of urea groups is 1. The summed E-state index contributed by atoms with van der Waals surface area (Å²) >= 11 is 0. The number of alkyl carbamates (subject to hydrolysis) is 1. The van der Waals surface area contributed by atoms with Gasteiger partial charge in [-0.05, 0) is 30.5 Å². The van der Waals surface area contributed by atoms with Crippen LogP contribution in [0, 0.1) is 5.92 Å². The quantitative estimate of drug-likeness (QED) is 0.538. The Morgan fingerprint density at radius 1 is 1.21 bits per heavy atom. The van der Waals surface area contributed by atoms with Crippen molar-refractivity contribution in [2.24, 2.45) is 11.7 Å². The SMILES string of the molecule is CNC(=O)OCc1ccc(NC(=O)[C@@H](C)CCCNC(N)=O)cc1. The van der Waals surface area contributed by atoms with Crippen molar-refractivity contribution >= 4 is 23.7 Å². The van der Waals surface area contributed by atoms with Crippen molar-refractivity contribution in [1.82, 2.24) is 10.6 Å². The zero-order valence-electron chi connectivity index (χ0n) is 13.9. The molecular formula is C16H24N4O4. The Bertz CT molecular complexity index is 560. The van der Waals surface area contributed by atoms with Crippen LogP contribution in [0.15, 0.2) is 24.3 Å². The number of hydrogen-bond acceptors (Lipinski definition) is 4. The second-order valence-electron chi connectivity index (χ2n) is 5.35. The summed E-state index contributed by atoms with van der Waals surface area (Å²) in [5.41, 5.74) is 6.46. The van der Waals surface area contributed by atoms with Crippen molar-refractivity contribution in [2.45, 2.75) is 26.4 Å². The molecule has 0 aromatic heterocycles. The highest BCUT2D eigenvalue weighted by Crippen LogP contribution is 2.13. The zero-order chi connectivity index (χ0) is 17.9. The van der Waals surface area contributed by atoms with Crippen LogP contribution in [0.4, 0.5) is 15.3 Å². The van der Waals surface area contributed by atoms with Crippen LogP contribution in [0.1, 0.15) is 25.3 Å². The fraction of sp³-hybridized carbons (Fsp3) is 0.438. The molecule has 0 radical (unpaired) electrons. The lowest BCUT2D eigenvalue weighted by molar-refractivity contribution is -0.119. The van der Waals surface area contributed by atoms with Crippen molar-refractivity contribution < 1.29 is 19.1 Å². The van der Waals surface area contributed by atoms with Crippen molar-refractivity contribution in [3.8, 4) is 0 Å². The van der Waals surface area contributed by atoms with Gasteiger partial charge in [0.05, 0.1) is 0 Å². The minimum atomic E-state index is -0.562. The third kappa shape index (κ3) is 7.48. The van der Waals surface area contributed by atoms with E-state index in [1.807, 2.05) is 6.92 Å². The number of hydrogen-bond donors (Lipinski definition) is 4. The summed E-state index contributed by atoms with van der Waals surface area (Å²) < 4.78 is 4.93. The van der Waals surface area contributed by atoms with E-state index >= 15 is 0 Å². The number of nitrogens with one attached hydrogen (secondary N) is 3. The van der Waals surface area contributed by atoms with Crippen LogP contribution in [0.2, 0.25) is 0 Å². The van der Waals surface area contributed by atoms with Gasteiger partial charge in [0, 0.05) is 25.2 Å². The van der Waals surface area contributed by atoms with Crippen LogP contribution in [0.25, 0.3) is 0 Å². The van der Waals surface area contributed by atoms with Gasteiger partial charge in [-0.2, -0.15) is 0 Å². The molecule has 0 aliphatic rings. The number of amides is 4. The summed E-state index contributed by atoms with van der Waals surface area (Å²) in [5, 5.41) is 7.67. The molecule has 0 saturated heterocycles. The molecular weight excluding hydrogens is 312 g/mol. The van der Waals surface area contributed by atoms with Crippen molar-refractivity contribution in [3.05, 3.63) is 29.8 Å². The molecule has 0 bridgehead atoms. The van der Waals surface area contributed by atoms with Crippen LogP contribution in [-0.2, 0) is 16.1 Å². The first-order valence-electron chi connectivity index (χ1n) is 7.70. The molecule has 0 saturated carbocycles. The molecule has 8 heteroatoms. The Kier molecular flexibility index (Phi) is 8.10. The van der Waals surface area contributed by atoms with Gasteiger partial charge >= 0.3 is 12.1 Å². The van der Waals surface area contributed by atoms with E-state index in [2.05, 4.69) is 16.0 Å². The second-order valence-corrected chi connectivity index (χ2v) is 5.35. The number of nitrogens with two attached hydrogens (primary N) is 1. The average Bonchev–Trinajstić information content (AvgIpc) is 2.57. The lowest BCUT2D eigenvalue weighted by Crippen LogP contribution is -2.30. The first kappa shape index (κ1) is 19.3. The van der Waals surface area contributed by atoms with E-state index in [1.54, 1.807) is 24.3 Å². The van der Waals surface area contributed by atoms with Gasteiger partial charge in [0.15, 0.2) is 0 Å². The zero-order valence-corrected chi connectivity index (χ0v) is 13.9. The molecule has 1 aromatic carbocycles. The van der Waals surface area contributed by atoms with Gasteiger partial charge in [-0.3, -0.25) is 4.79 Å². The molecule has 0 heterocycles. The first-order valence-corrected chi connectivity index (χ1v) is 7.70. The van der Waals surface area contributed by atoms with E-state index in [0.717, 1.165) is 5.56 Å². The summed E-state index contributed by atoms with van der Waals surface area (Å²) in [6, 6.07) is 6.50. The highest BCUT2D eigenvalue weighted by atomic mass is 16.5. The van der Waals surface area contributed by atoms with Crippen molar-refractivity contribution in [3.63, 3.8) is 0 Å². The molecule has 132 valence electrons. The Labute approximate surface area is 141 Å². The third-order valence-corrected chi connectivity index (χ3v) is 3.36. The number of benzene rings is 1. The lowest BCUT2D eigenvalue weighted by Gasteiger charge is -2.12. The van der Waals surface area contributed by atoms with Gasteiger partial charge in [0.1, 0.15) is 6.61 Å². The number of rotatable bonds is 8. The van der Waals surface area contributed by atoms with Gasteiger partial charge in [-0.25, -0.2) is 9.59 Å². The van der Waals surface area contributed by atoms with Crippen LogP contribution < -0.4 is 21.7 Å². The predicted octanol–water partition coefficient (Wildman–Crippen LogP) is 1.57. The molecule has 1 aromatic rings. The van der Waals surface area contributed by atoms with Crippen molar-refractivity contribution in [1.29, 1.82) is 0 Å². The normalized spacial score (nSPS) is 11.2. The van der Waals surface area contributed by atoms with Gasteiger partial charge < -0.3 is 26.4 Å². The Morgan fingerprint density at radius 3 is 2.46 bits per heavy atom. The molecule has 0 unspecified atom stereocenters. The molecule has 5 N–H and O–H groups in total. The summed E-state index contributed by atoms with van der Waals surface area (Å²) in [7, 11) is 1.49. The summed E-state index contributed by atoms with van der Waals surface area (Å²) in [5.74, 6) is -0.278.